The fourth-order valence-electron chi connectivity index (χ4n) is 2.04. The van der Waals surface area contributed by atoms with Crippen LogP contribution in [0.15, 0.2) is 28.8 Å². The van der Waals surface area contributed by atoms with Crippen molar-refractivity contribution in [3.8, 4) is 0 Å². The highest BCUT2D eigenvalue weighted by Gasteiger charge is 2.16. The van der Waals surface area contributed by atoms with Crippen LogP contribution in [0, 0.1) is 5.82 Å². The summed E-state index contributed by atoms with van der Waals surface area (Å²) >= 11 is 0. The Kier molecular flexibility index (Phi) is 4.90. The summed E-state index contributed by atoms with van der Waals surface area (Å²) in [6.45, 7) is 4.56. The molecule has 0 fully saturated rings. The summed E-state index contributed by atoms with van der Waals surface area (Å²) in [5, 5.41) is 7.02. The number of hydrogen-bond donors (Lipinski definition) is 1. The van der Waals surface area contributed by atoms with Gasteiger partial charge in [0.15, 0.2) is 5.82 Å². The molecule has 0 radical (unpaired) electrons. The van der Waals surface area contributed by atoms with Gasteiger partial charge in [-0.3, -0.25) is 0 Å². The first-order valence-corrected chi connectivity index (χ1v) is 6.96. The number of hydrogen-bond acceptors (Lipinski definition) is 5. The molecule has 1 N–H and O–H groups in total. The molecule has 2 aromatic rings. The van der Waals surface area contributed by atoms with Crippen molar-refractivity contribution in [3.05, 3.63) is 41.5 Å². The van der Waals surface area contributed by atoms with Crippen LogP contribution in [-0.4, -0.2) is 35.7 Å². The third-order valence-electron chi connectivity index (χ3n) is 3.26. The lowest BCUT2D eigenvalue weighted by Gasteiger charge is -2.24. The zero-order valence-electron chi connectivity index (χ0n) is 12.8. The third kappa shape index (κ3) is 4.01. The second-order valence-corrected chi connectivity index (χ2v) is 5.53. The molecule has 2 rings (SSSR count). The maximum absolute atomic E-state index is 13.4. The summed E-state index contributed by atoms with van der Waals surface area (Å²) in [7, 11) is 3.90. The Balaban J connectivity index is 2.06. The molecule has 5 nitrogen and oxygen atoms in total. The van der Waals surface area contributed by atoms with Crippen molar-refractivity contribution in [2.24, 2.45) is 0 Å². The molecule has 21 heavy (non-hydrogen) atoms. The summed E-state index contributed by atoms with van der Waals surface area (Å²) in [6, 6.07) is 7.00. The molecule has 1 heterocycles. The van der Waals surface area contributed by atoms with Gasteiger partial charge in [-0.15, -0.1) is 0 Å². The lowest BCUT2D eigenvalue weighted by molar-refractivity contribution is 0.308. The molecular weight excluding hydrogens is 271 g/mol. The number of benzene rings is 1. The van der Waals surface area contributed by atoms with Gasteiger partial charge in [-0.1, -0.05) is 31.1 Å². The predicted octanol–water partition coefficient (Wildman–Crippen LogP) is 3.05. The van der Waals surface area contributed by atoms with Crippen LogP contribution >= 0.6 is 0 Å². The van der Waals surface area contributed by atoms with E-state index in [1.54, 1.807) is 12.1 Å². The van der Waals surface area contributed by atoms with E-state index in [4.69, 9.17) is 4.52 Å². The Morgan fingerprint density at radius 2 is 2.10 bits per heavy atom. The molecule has 0 spiro atoms. The van der Waals surface area contributed by atoms with Gasteiger partial charge in [0.05, 0.1) is 6.04 Å². The van der Waals surface area contributed by atoms with Gasteiger partial charge in [0.2, 0.25) is 0 Å². The quantitative estimate of drug-likeness (QED) is 0.887. The first-order chi connectivity index (χ1) is 9.97. The molecule has 114 valence electrons. The summed E-state index contributed by atoms with van der Waals surface area (Å²) in [5.74, 6) is 0.654. The van der Waals surface area contributed by atoms with Crippen molar-refractivity contribution >= 4 is 6.01 Å². The van der Waals surface area contributed by atoms with Crippen molar-refractivity contribution in [1.29, 1.82) is 0 Å². The van der Waals surface area contributed by atoms with Gasteiger partial charge in [-0.05, 0) is 31.8 Å². The highest BCUT2D eigenvalue weighted by Crippen LogP contribution is 2.20. The number of anilines is 1. The Labute approximate surface area is 124 Å². The third-order valence-corrected chi connectivity index (χ3v) is 3.26. The monoisotopic (exact) mass is 292 g/mol. The van der Waals surface area contributed by atoms with Crippen LogP contribution in [0.25, 0.3) is 0 Å². The Morgan fingerprint density at radius 3 is 2.67 bits per heavy atom. The van der Waals surface area contributed by atoms with E-state index in [1.165, 1.54) is 6.07 Å². The van der Waals surface area contributed by atoms with Crippen LogP contribution in [0.1, 0.15) is 37.2 Å². The molecule has 0 amide bonds. The molecule has 0 saturated carbocycles. The number of nitrogens with one attached hydrogen (secondary N) is 1. The van der Waals surface area contributed by atoms with E-state index in [1.807, 2.05) is 38.9 Å². The van der Waals surface area contributed by atoms with E-state index < -0.39 is 0 Å². The molecule has 1 unspecified atom stereocenters. The number of rotatable bonds is 6. The standard InChI is InChI=1S/C15H21FN4O/c1-10(2)14-18-15(21-19-14)17-9-13(20(3)4)11-6-5-7-12(16)8-11/h5-8,10,13H,9H2,1-4H3,(H,17,18,19). The largest absolute Gasteiger partial charge is 0.336 e. The summed E-state index contributed by atoms with van der Waals surface area (Å²) in [4.78, 5) is 6.29. The topological polar surface area (TPSA) is 54.2 Å². The fourth-order valence-corrected chi connectivity index (χ4v) is 2.04. The van der Waals surface area contributed by atoms with Gasteiger partial charge in [0.1, 0.15) is 5.82 Å². The highest BCUT2D eigenvalue weighted by molar-refractivity contribution is 5.25. The molecule has 6 heteroatoms. The lowest BCUT2D eigenvalue weighted by Crippen LogP contribution is -2.27. The highest BCUT2D eigenvalue weighted by atomic mass is 19.1. The zero-order chi connectivity index (χ0) is 15.4. The summed E-state index contributed by atoms with van der Waals surface area (Å²) < 4.78 is 18.5. The smallest absolute Gasteiger partial charge is 0.321 e. The summed E-state index contributed by atoms with van der Waals surface area (Å²) in [5.41, 5.74) is 0.899. The average molecular weight is 292 g/mol. The minimum atomic E-state index is -0.237. The number of aromatic nitrogens is 2. The van der Waals surface area contributed by atoms with Crippen LogP contribution in [0.5, 0.6) is 0 Å². The minimum Gasteiger partial charge on any atom is -0.336 e. The Bertz CT molecular complexity index is 583. The number of nitrogens with zero attached hydrogens (tertiary/aromatic N) is 3. The van der Waals surface area contributed by atoms with Crippen molar-refractivity contribution in [2.75, 3.05) is 26.0 Å². The van der Waals surface area contributed by atoms with Crippen LogP contribution in [0.4, 0.5) is 10.4 Å². The van der Waals surface area contributed by atoms with E-state index >= 15 is 0 Å². The lowest BCUT2D eigenvalue weighted by atomic mass is 10.1. The van der Waals surface area contributed by atoms with Gasteiger partial charge in [-0.2, -0.15) is 4.98 Å². The van der Waals surface area contributed by atoms with Crippen LogP contribution in [0.3, 0.4) is 0 Å². The molecule has 1 aromatic heterocycles. The maximum atomic E-state index is 13.4. The Morgan fingerprint density at radius 1 is 1.33 bits per heavy atom. The van der Waals surface area contributed by atoms with E-state index in [0.717, 1.165) is 5.56 Å². The number of halogens is 1. The van der Waals surface area contributed by atoms with Gasteiger partial charge >= 0.3 is 6.01 Å². The van der Waals surface area contributed by atoms with Crippen molar-refractivity contribution in [1.82, 2.24) is 15.0 Å². The van der Waals surface area contributed by atoms with Crippen molar-refractivity contribution in [2.45, 2.75) is 25.8 Å². The van der Waals surface area contributed by atoms with Gasteiger partial charge in [-0.25, -0.2) is 4.39 Å². The molecule has 0 saturated heterocycles. The molecule has 0 bridgehead atoms. The van der Waals surface area contributed by atoms with E-state index in [2.05, 4.69) is 15.5 Å². The molecule has 0 aliphatic heterocycles. The second-order valence-electron chi connectivity index (χ2n) is 5.53. The molecule has 0 aliphatic rings. The molecule has 0 aliphatic carbocycles. The predicted molar refractivity (Wildman–Crippen MR) is 79.7 cm³/mol. The van der Waals surface area contributed by atoms with Crippen molar-refractivity contribution < 1.29 is 8.91 Å². The van der Waals surface area contributed by atoms with E-state index in [0.29, 0.717) is 18.4 Å². The van der Waals surface area contributed by atoms with Crippen LogP contribution in [-0.2, 0) is 0 Å². The average Bonchev–Trinajstić information content (AvgIpc) is 2.87. The molecule has 1 atom stereocenters. The van der Waals surface area contributed by atoms with Crippen LogP contribution in [0.2, 0.25) is 0 Å². The maximum Gasteiger partial charge on any atom is 0.321 e. The van der Waals surface area contributed by atoms with Gasteiger partial charge in [0, 0.05) is 12.5 Å². The summed E-state index contributed by atoms with van der Waals surface area (Å²) in [6.07, 6.45) is 0. The van der Waals surface area contributed by atoms with Gasteiger partial charge < -0.3 is 14.7 Å². The first-order valence-electron chi connectivity index (χ1n) is 6.96. The zero-order valence-corrected chi connectivity index (χ0v) is 12.8. The van der Waals surface area contributed by atoms with Gasteiger partial charge in [0.25, 0.3) is 0 Å². The first kappa shape index (κ1) is 15.4. The minimum absolute atomic E-state index is 0.00935. The fraction of sp³-hybridized carbons (Fsp3) is 0.467. The molecular formula is C15H21FN4O. The Hall–Kier alpha value is -1.95. The SMILES string of the molecule is CC(C)c1noc(NCC(c2cccc(F)c2)N(C)C)n1. The van der Waals surface area contributed by atoms with E-state index in [-0.39, 0.29) is 17.8 Å². The van der Waals surface area contributed by atoms with Crippen molar-refractivity contribution in [3.63, 3.8) is 0 Å². The number of likely N-dealkylation sites (N-methyl/N-ethyl adjacent to an activating group) is 1. The van der Waals surface area contributed by atoms with E-state index in [9.17, 15) is 4.39 Å². The molecule has 1 aromatic carbocycles. The normalized spacial score (nSPS) is 12.9. The van der Waals surface area contributed by atoms with Crippen LogP contribution < -0.4 is 5.32 Å². The second kappa shape index (κ2) is 6.67.